The van der Waals surface area contributed by atoms with Gasteiger partial charge in [-0.15, -0.1) is 10.2 Å². The number of halogens is 1. The lowest BCUT2D eigenvalue weighted by atomic mass is 10.3. The number of hydrogen-bond donors (Lipinski definition) is 1. The number of nitrogens with two attached hydrogens (primary N) is 1. The smallest absolute Gasteiger partial charge is 0.232 e. The molecule has 118 valence electrons. The highest BCUT2D eigenvalue weighted by Gasteiger charge is 2.11. The van der Waals surface area contributed by atoms with Crippen molar-refractivity contribution in [3.8, 4) is 5.75 Å². The van der Waals surface area contributed by atoms with E-state index in [2.05, 4.69) is 10.2 Å². The van der Waals surface area contributed by atoms with Crippen LogP contribution in [-0.2, 0) is 4.79 Å². The number of likely N-dealkylation sites (N-methyl/N-ethyl adjacent to an activating group) is 1. The van der Waals surface area contributed by atoms with Gasteiger partial charge in [-0.1, -0.05) is 34.7 Å². The topological polar surface area (TPSA) is 81.3 Å². The summed E-state index contributed by atoms with van der Waals surface area (Å²) in [5.41, 5.74) is 5.49. The number of anilines is 1. The number of carbonyl (C=O) groups excluding carboxylic acids is 1. The fourth-order valence-electron chi connectivity index (χ4n) is 1.47. The number of amides is 1. The van der Waals surface area contributed by atoms with Crippen LogP contribution >= 0.6 is 34.7 Å². The Morgan fingerprint density at radius 1 is 1.41 bits per heavy atom. The first-order valence-corrected chi connectivity index (χ1v) is 8.56. The number of rotatable bonds is 7. The number of hydrogen-bond acceptors (Lipinski definition) is 7. The minimum absolute atomic E-state index is 0.00141. The van der Waals surface area contributed by atoms with E-state index in [1.807, 2.05) is 0 Å². The average Bonchev–Trinajstić information content (AvgIpc) is 2.92. The van der Waals surface area contributed by atoms with Gasteiger partial charge < -0.3 is 15.4 Å². The third kappa shape index (κ3) is 5.36. The standard InChI is InChI=1S/C13H15ClN4O2S2/c1-18(6-7-20-10-4-2-9(14)3-5-10)11(19)8-21-13-17-16-12(15)22-13/h2-5H,6-8H2,1H3,(H2,15,16). The van der Waals surface area contributed by atoms with Gasteiger partial charge in [0.05, 0.1) is 12.3 Å². The molecule has 0 atom stereocenters. The van der Waals surface area contributed by atoms with Gasteiger partial charge in [0.1, 0.15) is 12.4 Å². The molecule has 0 spiro atoms. The molecule has 0 aliphatic carbocycles. The fraction of sp³-hybridized carbons (Fsp3) is 0.308. The van der Waals surface area contributed by atoms with Gasteiger partial charge in [-0.3, -0.25) is 4.79 Å². The quantitative estimate of drug-likeness (QED) is 0.765. The van der Waals surface area contributed by atoms with Crippen molar-refractivity contribution in [2.24, 2.45) is 0 Å². The zero-order valence-corrected chi connectivity index (χ0v) is 14.2. The van der Waals surface area contributed by atoms with Crippen LogP contribution in [0.1, 0.15) is 0 Å². The summed E-state index contributed by atoms with van der Waals surface area (Å²) < 4.78 is 6.24. The molecule has 2 N–H and O–H groups in total. The first-order valence-electron chi connectivity index (χ1n) is 6.38. The summed E-state index contributed by atoms with van der Waals surface area (Å²) in [6, 6.07) is 7.10. The summed E-state index contributed by atoms with van der Waals surface area (Å²) in [4.78, 5) is 13.6. The lowest BCUT2D eigenvalue weighted by Crippen LogP contribution is -2.32. The first-order chi connectivity index (χ1) is 10.5. The third-order valence-corrected chi connectivity index (χ3v) is 4.80. The Hall–Kier alpha value is -1.51. The number of ether oxygens (including phenoxy) is 1. The van der Waals surface area contributed by atoms with Gasteiger partial charge in [0.2, 0.25) is 11.0 Å². The van der Waals surface area contributed by atoms with Crippen molar-refractivity contribution in [2.75, 3.05) is 31.7 Å². The van der Waals surface area contributed by atoms with Crippen molar-refractivity contribution in [1.29, 1.82) is 0 Å². The molecule has 1 heterocycles. The molecule has 0 bridgehead atoms. The van der Waals surface area contributed by atoms with E-state index in [-0.39, 0.29) is 5.91 Å². The molecule has 6 nitrogen and oxygen atoms in total. The number of nitrogens with zero attached hydrogens (tertiary/aromatic N) is 3. The monoisotopic (exact) mass is 358 g/mol. The van der Waals surface area contributed by atoms with Crippen LogP contribution in [0.5, 0.6) is 5.75 Å². The molecule has 0 aliphatic rings. The molecule has 1 aromatic carbocycles. The number of carbonyl (C=O) groups is 1. The normalized spacial score (nSPS) is 10.5. The Balaban J connectivity index is 1.68. The second kappa shape index (κ2) is 8.21. The minimum atomic E-state index is -0.00141. The van der Waals surface area contributed by atoms with Crippen LogP contribution in [0.2, 0.25) is 5.02 Å². The molecule has 0 radical (unpaired) electrons. The zero-order chi connectivity index (χ0) is 15.9. The molecule has 9 heteroatoms. The molecule has 2 rings (SSSR count). The van der Waals surface area contributed by atoms with Crippen molar-refractivity contribution in [2.45, 2.75) is 4.34 Å². The third-order valence-electron chi connectivity index (χ3n) is 2.68. The second-order valence-electron chi connectivity index (χ2n) is 4.31. The van der Waals surface area contributed by atoms with Crippen molar-refractivity contribution in [3.05, 3.63) is 29.3 Å². The zero-order valence-electron chi connectivity index (χ0n) is 11.9. The van der Waals surface area contributed by atoms with Gasteiger partial charge in [-0.25, -0.2) is 0 Å². The minimum Gasteiger partial charge on any atom is -0.492 e. The van der Waals surface area contributed by atoms with Gasteiger partial charge in [-0.2, -0.15) is 0 Å². The predicted octanol–water partition coefficient (Wildman–Crippen LogP) is 2.40. The summed E-state index contributed by atoms with van der Waals surface area (Å²) in [5.74, 6) is 1.02. The summed E-state index contributed by atoms with van der Waals surface area (Å²) in [6.45, 7) is 0.917. The Bertz CT molecular complexity index is 621. The molecule has 22 heavy (non-hydrogen) atoms. The molecular formula is C13H15ClN4O2S2. The molecule has 0 aliphatic heterocycles. The molecule has 0 saturated carbocycles. The van der Waals surface area contributed by atoms with Crippen LogP contribution in [-0.4, -0.2) is 47.0 Å². The molecule has 1 amide bonds. The van der Waals surface area contributed by atoms with E-state index < -0.39 is 0 Å². The Morgan fingerprint density at radius 2 is 2.14 bits per heavy atom. The van der Waals surface area contributed by atoms with E-state index >= 15 is 0 Å². The summed E-state index contributed by atoms with van der Waals surface area (Å²) in [5, 5.41) is 8.62. The Labute approximate surface area is 141 Å². The second-order valence-corrected chi connectivity index (χ2v) is 6.98. The van der Waals surface area contributed by atoms with E-state index in [1.54, 1.807) is 36.2 Å². The summed E-state index contributed by atoms with van der Waals surface area (Å²) in [6.07, 6.45) is 0. The maximum Gasteiger partial charge on any atom is 0.232 e. The molecule has 1 aromatic heterocycles. The van der Waals surface area contributed by atoms with Gasteiger partial charge in [0.25, 0.3) is 0 Å². The van der Waals surface area contributed by atoms with Gasteiger partial charge >= 0.3 is 0 Å². The highest BCUT2D eigenvalue weighted by Crippen LogP contribution is 2.23. The average molecular weight is 359 g/mol. The van der Waals surface area contributed by atoms with Crippen molar-refractivity contribution in [3.63, 3.8) is 0 Å². The van der Waals surface area contributed by atoms with Gasteiger partial charge in [0.15, 0.2) is 4.34 Å². The Kier molecular flexibility index (Phi) is 6.29. The number of aromatic nitrogens is 2. The van der Waals surface area contributed by atoms with E-state index in [1.165, 1.54) is 23.1 Å². The number of benzene rings is 1. The van der Waals surface area contributed by atoms with E-state index in [9.17, 15) is 4.79 Å². The highest BCUT2D eigenvalue weighted by molar-refractivity contribution is 8.01. The van der Waals surface area contributed by atoms with Crippen LogP contribution in [0, 0.1) is 0 Å². The SMILES string of the molecule is CN(CCOc1ccc(Cl)cc1)C(=O)CSc1nnc(N)s1. The molecule has 0 saturated heterocycles. The lowest BCUT2D eigenvalue weighted by Gasteiger charge is -2.17. The van der Waals surface area contributed by atoms with E-state index in [4.69, 9.17) is 22.1 Å². The maximum absolute atomic E-state index is 12.0. The van der Waals surface area contributed by atoms with Gasteiger partial charge in [0, 0.05) is 12.1 Å². The van der Waals surface area contributed by atoms with Crippen LogP contribution in [0.25, 0.3) is 0 Å². The van der Waals surface area contributed by atoms with Crippen LogP contribution in [0.4, 0.5) is 5.13 Å². The first kappa shape index (κ1) is 16.9. The van der Waals surface area contributed by atoms with Crippen molar-refractivity contribution >= 4 is 45.7 Å². The summed E-state index contributed by atoms with van der Waals surface area (Å²) in [7, 11) is 1.74. The number of thioether (sulfide) groups is 1. The van der Waals surface area contributed by atoms with E-state index in [0.717, 1.165) is 5.75 Å². The van der Waals surface area contributed by atoms with Crippen LogP contribution in [0.3, 0.4) is 0 Å². The lowest BCUT2D eigenvalue weighted by molar-refractivity contribution is -0.127. The predicted molar refractivity (Wildman–Crippen MR) is 89.6 cm³/mol. The highest BCUT2D eigenvalue weighted by atomic mass is 35.5. The molecular weight excluding hydrogens is 344 g/mol. The van der Waals surface area contributed by atoms with Crippen molar-refractivity contribution in [1.82, 2.24) is 15.1 Å². The van der Waals surface area contributed by atoms with Crippen molar-refractivity contribution < 1.29 is 9.53 Å². The summed E-state index contributed by atoms with van der Waals surface area (Å²) >= 11 is 8.39. The molecule has 0 fully saturated rings. The van der Waals surface area contributed by atoms with E-state index in [0.29, 0.717) is 33.4 Å². The van der Waals surface area contributed by atoms with Crippen LogP contribution < -0.4 is 10.5 Å². The largest absolute Gasteiger partial charge is 0.492 e. The molecule has 0 unspecified atom stereocenters. The number of nitrogen functional groups attached to an aromatic ring is 1. The molecule has 2 aromatic rings. The fourth-order valence-corrected chi connectivity index (χ4v) is 3.17. The maximum atomic E-state index is 12.0. The van der Waals surface area contributed by atoms with Gasteiger partial charge in [-0.05, 0) is 24.3 Å². The Morgan fingerprint density at radius 3 is 2.77 bits per heavy atom. The van der Waals surface area contributed by atoms with Crippen LogP contribution in [0.15, 0.2) is 28.6 Å².